The van der Waals surface area contributed by atoms with Crippen molar-refractivity contribution in [2.24, 2.45) is 0 Å². The Hall–Kier alpha value is -0.600. The van der Waals surface area contributed by atoms with Crippen LogP contribution in [0.2, 0.25) is 0 Å². The monoisotopic (exact) mass is 345 g/mol. The smallest absolute Gasteiger partial charge is 0.466 e. The first-order valence-corrected chi connectivity index (χ1v) is 8.86. The van der Waals surface area contributed by atoms with Gasteiger partial charge in [0, 0.05) is 11.1 Å². The van der Waals surface area contributed by atoms with Crippen LogP contribution in [-0.4, -0.2) is 24.5 Å². The van der Waals surface area contributed by atoms with Gasteiger partial charge in [0.15, 0.2) is 0 Å². The standard InChI is InChI=1S/C10H15N.2H3O4P/c1-3-8-6-5-7-9(4-2)10(8)11;2*1-5(2,3)4/h5-7H,3-4,11H2,1-2H3;2*(H3,1,2,3,4). The first kappa shape index (κ1) is 22.7. The first-order valence-electron chi connectivity index (χ1n) is 5.77. The molecule has 124 valence electrons. The number of hydrogen-bond acceptors (Lipinski definition) is 3. The quantitative estimate of drug-likeness (QED) is 0.376. The highest BCUT2D eigenvalue weighted by molar-refractivity contribution is 7.45. The molecule has 8 N–H and O–H groups in total. The lowest BCUT2D eigenvalue weighted by atomic mass is 10.0. The van der Waals surface area contributed by atoms with Crippen LogP contribution < -0.4 is 10.6 Å². The molecule has 0 aliphatic rings. The zero-order chi connectivity index (χ0) is 17.3. The van der Waals surface area contributed by atoms with Crippen LogP contribution in [-0.2, 0) is 22.0 Å². The van der Waals surface area contributed by atoms with Gasteiger partial charge in [-0.3, -0.25) is 4.57 Å². The molecule has 0 spiro atoms. The Labute approximate surface area is 122 Å². The summed E-state index contributed by atoms with van der Waals surface area (Å²) in [5.74, 6) is 0. The SMILES string of the molecule is CCc1cccc(CC)c1[NH3+].O=P(O)(O)O.O=P([O-])(O)O. The summed E-state index contributed by atoms with van der Waals surface area (Å²) in [5.41, 5.74) is 8.05. The Kier molecular flexibility index (Phi) is 11.0. The van der Waals surface area contributed by atoms with E-state index < -0.39 is 15.6 Å². The lowest BCUT2D eigenvalue weighted by Crippen LogP contribution is -2.42. The molecular formula is C10H21NO8P2. The summed E-state index contributed by atoms with van der Waals surface area (Å²) in [6.45, 7) is 4.34. The van der Waals surface area contributed by atoms with E-state index in [-0.39, 0.29) is 0 Å². The van der Waals surface area contributed by atoms with Crippen LogP contribution in [0, 0.1) is 0 Å². The number of hydrogen-bond donors (Lipinski definition) is 6. The van der Waals surface area contributed by atoms with Gasteiger partial charge in [0.05, 0.1) is 0 Å². The van der Waals surface area contributed by atoms with E-state index in [9.17, 15) is 0 Å². The van der Waals surface area contributed by atoms with Crippen LogP contribution >= 0.6 is 15.6 Å². The average molecular weight is 345 g/mol. The van der Waals surface area contributed by atoms with Gasteiger partial charge in [-0.05, 0) is 12.8 Å². The molecule has 0 amide bonds. The van der Waals surface area contributed by atoms with Crippen LogP contribution in [0.5, 0.6) is 0 Å². The zero-order valence-electron chi connectivity index (χ0n) is 11.7. The number of rotatable bonds is 2. The fourth-order valence-corrected chi connectivity index (χ4v) is 1.35. The van der Waals surface area contributed by atoms with Crippen molar-refractivity contribution in [3.63, 3.8) is 0 Å². The summed E-state index contributed by atoms with van der Waals surface area (Å²) < 4.78 is 17.7. The van der Waals surface area contributed by atoms with Gasteiger partial charge < -0.3 is 35.1 Å². The average Bonchev–Trinajstić information content (AvgIpc) is 2.25. The van der Waals surface area contributed by atoms with Crippen LogP contribution in [0.3, 0.4) is 0 Å². The van der Waals surface area contributed by atoms with Crippen LogP contribution in [0.1, 0.15) is 25.0 Å². The molecule has 0 saturated carbocycles. The molecule has 0 bridgehead atoms. The van der Waals surface area contributed by atoms with Gasteiger partial charge in [-0.1, -0.05) is 32.0 Å². The van der Waals surface area contributed by atoms with Gasteiger partial charge in [0.1, 0.15) is 5.69 Å². The molecule has 0 aliphatic carbocycles. The Bertz CT molecular complexity index is 451. The molecule has 0 fully saturated rings. The highest BCUT2D eigenvalue weighted by Gasteiger charge is 2.03. The van der Waals surface area contributed by atoms with Crippen molar-refractivity contribution in [3.8, 4) is 0 Å². The molecule has 1 aromatic rings. The molecule has 0 atom stereocenters. The van der Waals surface area contributed by atoms with Gasteiger partial charge in [0.25, 0.3) is 7.82 Å². The molecular weight excluding hydrogens is 324 g/mol. The lowest BCUT2D eigenvalue weighted by Gasteiger charge is -2.02. The maximum absolute atomic E-state index is 8.88. The summed E-state index contributed by atoms with van der Waals surface area (Å²) in [6.07, 6.45) is 2.18. The Morgan fingerprint density at radius 2 is 1.24 bits per heavy atom. The number of phosphoric acid groups is 2. The summed E-state index contributed by atoms with van der Waals surface area (Å²) in [6, 6.07) is 6.43. The van der Waals surface area contributed by atoms with E-state index in [2.05, 4.69) is 37.8 Å². The minimum atomic E-state index is -4.89. The minimum absolute atomic E-state index is 1.09. The second-order valence-corrected chi connectivity index (χ2v) is 5.77. The molecule has 9 nitrogen and oxygen atoms in total. The van der Waals surface area contributed by atoms with E-state index in [4.69, 9.17) is 38.5 Å². The molecule has 1 rings (SSSR count). The fraction of sp³-hybridized carbons (Fsp3) is 0.400. The third-order valence-electron chi connectivity index (χ3n) is 2.13. The van der Waals surface area contributed by atoms with Gasteiger partial charge in [-0.2, -0.15) is 0 Å². The molecule has 0 aliphatic heterocycles. The van der Waals surface area contributed by atoms with E-state index in [0.29, 0.717) is 0 Å². The summed E-state index contributed by atoms with van der Waals surface area (Å²) in [7, 11) is -9.53. The summed E-state index contributed by atoms with van der Waals surface area (Å²) in [5, 5.41) is 0. The van der Waals surface area contributed by atoms with Crippen molar-refractivity contribution < 1.29 is 44.2 Å². The summed E-state index contributed by atoms with van der Waals surface area (Å²) >= 11 is 0. The Morgan fingerprint density at radius 3 is 1.43 bits per heavy atom. The topological polar surface area (TPSA) is 186 Å². The maximum Gasteiger partial charge on any atom is 0.466 e. The largest absolute Gasteiger partial charge is 0.756 e. The fourth-order valence-electron chi connectivity index (χ4n) is 1.35. The second kappa shape index (κ2) is 10.2. The van der Waals surface area contributed by atoms with E-state index in [1.807, 2.05) is 0 Å². The van der Waals surface area contributed by atoms with E-state index in [0.717, 1.165) is 12.8 Å². The number of aryl methyl sites for hydroxylation is 2. The van der Waals surface area contributed by atoms with Crippen molar-refractivity contribution in [1.82, 2.24) is 0 Å². The highest BCUT2D eigenvalue weighted by Crippen LogP contribution is 2.25. The van der Waals surface area contributed by atoms with Gasteiger partial charge in [0.2, 0.25) is 0 Å². The highest BCUT2D eigenvalue weighted by atomic mass is 31.2. The van der Waals surface area contributed by atoms with E-state index in [1.165, 1.54) is 16.8 Å². The predicted molar refractivity (Wildman–Crippen MR) is 74.1 cm³/mol. The van der Waals surface area contributed by atoms with Crippen molar-refractivity contribution >= 4 is 21.3 Å². The molecule has 0 aromatic heterocycles. The molecule has 1 aromatic carbocycles. The predicted octanol–water partition coefficient (Wildman–Crippen LogP) is -0.804. The third kappa shape index (κ3) is 19.4. The van der Waals surface area contributed by atoms with Crippen molar-refractivity contribution in [1.29, 1.82) is 0 Å². The minimum Gasteiger partial charge on any atom is -0.756 e. The van der Waals surface area contributed by atoms with Crippen LogP contribution in [0.4, 0.5) is 5.69 Å². The van der Waals surface area contributed by atoms with Crippen LogP contribution in [0.15, 0.2) is 18.2 Å². The van der Waals surface area contributed by atoms with Gasteiger partial charge >= 0.3 is 7.82 Å². The Balaban J connectivity index is 0. The maximum atomic E-state index is 8.88. The lowest BCUT2D eigenvalue weighted by molar-refractivity contribution is -0.256. The summed E-state index contributed by atoms with van der Waals surface area (Å²) in [4.78, 5) is 44.5. The normalized spacial score (nSPS) is 10.9. The van der Waals surface area contributed by atoms with Crippen molar-refractivity contribution in [2.75, 3.05) is 0 Å². The molecule has 0 unspecified atom stereocenters. The molecule has 0 heterocycles. The first-order chi connectivity index (χ1) is 9.29. The molecule has 0 radical (unpaired) electrons. The number of benzene rings is 1. The molecule has 21 heavy (non-hydrogen) atoms. The molecule has 11 heteroatoms. The van der Waals surface area contributed by atoms with Gasteiger partial charge in [-0.15, -0.1) is 0 Å². The second-order valence-electron chi connectivity index (χ2n) is 3.77. The molecule has 0 saturated heterocycles. The number of quaternary nitrogens is 1. The zero-order valence-corrected chi connectivity index (χ0v) is 13.5. The van der Waals surface area contributed by atoms with Crippen molar-refractivity contribution in [2.45, 2.75) is 26.7 Å². The van der Waals surface area contributed by atoms with Crippen molar-refractivity contribution in [3.05, 3.63) is 29.3 Å². The van der Waals surface area contributed by atoms with E-state index >= 15 is 0 Å². The van der Waals surface area contributed by atoms with Crippen LogP contribution in [0.25, 0.3) is 0 Å². The van der Waals surface area contributed by atoms with E-state index in [1.54, 1.807) is 0 Å². The Morgan fingerprint density at radius 1 is 1.00 bits per heavy atom. The third-order valence-corrected chi connectivity index (χ3v) is 2.13. The van der Waals surface area contributed by atoms with Gasteiger partial charge in [-0.25, -0.2) is 4.57 Å².